The van der Waals surface area contributed by atoms with Crippen molar-refractivity contribution in [1.29, 1.82) is 0 Å². The van der Waals surface area contributed by atoms with Gasteiger partial charge in [0.25, 0.3) is 5.22 Å². The molecular formula is C14H21N3O2S. The zero-order valence-corrected chi connectivity index (χ0v) is 12.6. The van der Waals surface area contributed by atoms with Crippen LogP contribution in [0.25, 0.3) is 0 Å². The van der Waals surface area contributed by atoms with Crippen molar-refractivity contribution in [2.45, 2.75) is 56.7 Å². The molecule has 2 fully saturated rings. The third-order valence-corrected chi connectivity index (χ3v) is 5.14. The molecule has 2 saturated carbocycles. The molecule has 0 saturated heterocycles. The molecular weight excluding hydrogens is 274 g/mol. The van der Waals surface area contributed by atoms with E-state index in [4.69, 9.17) is 4.42 Å². The van der Waals surface area contributed by atoms with Gasteiger partial charge in [-0.15, -0.1) is 10.2 Å². The number of thioether (sulfide) groups is 1. The van der Waals surface area contributed by atoms with Gasteiger partial charge in [-0.2, -0.15) is 0 Å². The molecule has 2 aliphatic rings. The predicted molar refractivity (Wildman–Crippen MR) is 76.4 cm³/mol. The Balaban J connectivity index is 1.42. The molecule has 0 aromatic carbocycles. The zero-order chi connectivity index (χ0) is 13.9. The van der Waals surface area contributed by atoms with Gasteiger partial charge >= 0.3 is 0 Å². The van der Waals surface area contributed by atoms with Gasteiger partial charge in [-0.3, -0.25) is 4.79 Å². The van der Waals surface area contributed by atoms with Crippen molar-refractivity contribution in [3.8, 4) is 0 Å². The minimum atomic E-state index is 0.0859. The Morgan fingerprint density at radius 3 is 3.00 bits per heavy atom. The first-order chi connectivity index (χ1) is 9.74. The molecule has 1 N–H and O–H groups in total. The number of nitrogens with one attached hydrogen (secondary N) is 1. The van der Waals surface area contributed by atoms with E-state index in [1.807, 2.05) is 0 Å². The normalized spacial score (nSPS) is 27.9. The summed E-state index contributed by atoms with van der Waals surface area (Å²) < 4.78 is 5.45. The molecule has 2 bridgehead atoms. The molecule has 1 aromatic rings. The van der Waals surface area contributed by atoms with Crippen molar-refractivity contribution in [2.24, 2.45) is 11.8 Å². The van der Waals surface area contributed by atoms with E-state index in [9.17, 15) is 4.79 Å². The molecule has 5 nitrogen and oxygen atoms in total. The molecule has 0 radical (unpaired) electrons. The second kappa shape index (κ2) is 6.16. The Bertz CT molecular complexity index is 477. The molecule has 1 aromatic heterocycles. The molecule has 1 heterocycles. The number of carbonyl (C=O) groups is 1. The van der Waals surface area contributed by atoms with E-state index in [1.165, 1.54) is 37.4 Å². The second-order valence-electron chi connectivity index (χ2n) is 5.85. The first-order valence-corrected chi connectivity index (χ1v) is 8.47. The van der Waals surface area contributed by atoms with Crippen molar-refractivity contribution < 1.29 is 9.21 Å². The molecule has 0 aliphatic heterocycles. The Morgan fingerprint density at radius 1 is 1.40 bits per heavy atom. The van der Waals surface area contributed by atoms with Gasteiger partial charge < -0.3 is 9.73 Å². The van der Waals surface area contributed by atoms with E-state index < -0.39 is 0 Å². The minimum absolute atomic E-state index is 0.0859. The monoisotopic (exact) mass is 295 g/mol. The molecule has 0 spiro atoms. The summed E-state index contributed by atoms with van der Waals surface area (Å²) in [5.41, 5.74) is 0. The maximum absolute atomic E-state index is 12.0. The van der Waals surface area contributed by atoms with Crippen LogP contribution in [-0.4, -0.2) is 27.9 Å². The summed E-state index contributed by atoms with van der Waals surface area (Å²) >= 11 is 1.33. The Hall–Kier alpha value is -1.04. The van der Waals surface area contributed by atoms with Crippen LogP contribution in [0.2, 0.25) is 0 Å². The van der Waals surface area contributed by atoms with Gasteiger partial charge in [-0.1, -0.05) is 25.1 Å². The maximum Gasteiger partial charge on any atom is 0.277 e. The number of nitrogens with zero attached hydrogens (tertiary/aromatic N) is 2. The van der Waals surface area contributed by atoms with Gasteiger partial charge in [0.05, 0.1) is 5.75 Å². The van der Waals surface area contributed by atoms with E-state index >= 15 is 0 Å². The van der Waals surface area contributed by atoms with Crippen molar-refractivity contribution in [2.75, 3.05) is 5.75 Å². The average Bonchev–Trinajstić information content (AvgIpc) is 3.13. The Kier molecular flexibility index (Phi) is 4.29. The fourth-order valence-electron chi connectivity index (χ4n) is 3.41. The van der Waals surface area contributed by atoms with Crippen LogP contribution in [0.1, 0.15) is 44.9 Å². The predicted octanol–water partition coefficient (Wildman–Crippen LogP) is 2.42. The molecule has 20 heavy (non-hydrogen) atoms. The van der Waals surface area contributed by atoms with Crippen LogP contribution < -0.4 is 5.32 Å². The third kappa shape index (κ3) is 3.16. The molecule has 6 heteroatoms. The number of amides is 1. The standard InChI is InChI=1S/C14H21N3O2S/c1-2-3-13-16-17-14(19-13)20-8-12(18)15-11-7-9-4-5-10(11)6-9/h9-11H,2-8H2,1H3,(H,15,18)/t9-,10-,11-/m0/s1. The van der Waals surface area contributed by atoms with E-state index in [2.05, 4.69) is 22.4 Å². The SMILES string of the molecule is CCCc1nnc(SCC(=O)N[C@H]2C[C@H]3CC[C@H]2C3)o1. The summed E-state index contributed by atoms with van der Waals surface area (Å²) in [6.07, 6.45) is 6.90. The van der Waals surface area contributed by atoms with Gasteiger partial charge in [0.15, 0.2) is 0 Å². The van der Waals surface area contributed by atoms with E-state index in [-0.39, 0.29) is 5.91 Å². The van der Waals surface area contributed by atoms with Crippen LogP contribution in [-0.2, 0) is 11.2 Å². The number of fused-ring (bicyclic) bond motifs is 2. The summed E-state index contributed by atoms with van der Waals surface area (Å²) in [4.78, 5) is 12.0. The highest BCUT2D eigenvalue weighted by atomic mass is 32.2. The lowest BCUT2D eigenvalue weighted by atomic mass is 9.95. The second-order valence-corrected chi connectivity index (χ2v) is 6.78. The molecule has 0 unspecified atom stereocenters. The average molecular weight is 295 g/mol. The van der Waals surface area contributed by atoms with Crippen molar-refractivity contribution in [1.82, 2.24) is 15.5 Å². The smallest absolute Gasteiger partial charge is 0.277 e. The number of hydrogen-bond acceptors (Lipinski definition) is 5. The van der Waals surface area contributed by atoms with Crippen LogP contribution in [0.3, 0.4) is 0 Å². The number of rotatable bonds is 6. The van der Waals surface area contributed by atoms with Crippen molar-refractivity contribution >= 4 is 17.7 Å². The van der Waals surface area contributed by atoms with Crippen LogP contribution in [0.4, 0.5) is 0 Å². The van der Waals surface area contributed by atoms with E-state index in [1.54, 1.807) is 0 Å². The highest BCUT2D eigenvalue weighted by Crippen LogP contribution is 2.44. The fourth-order valence-corrected chi connectivity index (χ4v) is 4.00. The van der Waals surface area contributed by atoms with E-state index in [0.717, 1.165) is 18.8 Å². The molecule has 1 amide bonds. The van der Waals surface area contributed by atoms with Crippen LogP contribution in [0, 0.1) is 11.8 Å². The number of aromatic nitrogens is 2. The van der Waals surface area contributed by atoms with Crippen LogP contribution in [0.15, 0.2) is 9.64 Å². The molecule has 110 valence electrons. The van der Waals surface area contributed by atoms with Crippen LogP contribution >= 0.6 is 11.8 Å². The molecule has 3 atom stereocenters. The van der Waals surface area contributed by atoms with Gasteiger partial charge in [-0.25, -0.2) is 0 Å². The highest BCUT2D eigenvalue weighted by molar-refractivity contribution is 7.99. The summed E-state index contributed by atoms with van der Waals surface area (Å²) in [5.74, 6) is 2.67. The van der Waals surface area contributed by atoms with Crippen LogP contribution in [0.5, 0.6) is 0 Å². The Morgan fingerprint density at radius 2 is 2.30 bits per heavy atom. The molecule has 2 aliphatic carbocycles. The summed E-state index contributed by atoms with van der Waals surface area (Å²) in [5, 5.41) is 11.6. The lowest BCUT2D eigenvalue weighted by Crippen LogP contribution is -2.39. The first kappa shape index (κ1) is 13.9. The summed E-state index contributed by atoms with van der Waals surface area (Å²) in [7, 11) is 0. The number of hydrogen-bond donors (Lipinski definition) is 1. The lowest BCUT2D eigenvalue weighted by molar-refractivity contribution is -0.119. The number of aryl methyl sites for hydroxylation is 1. The van der Waals surface area contributed by atoms with Gasteiger partial charge in [0.2, 0.25) is 11.8 Å². The van der Waals surface area contributed by atoms with Gasteiger partial charge in [-0.05, 0) is 37.5 Å². The zero-order valence-electron chi connectivity index (χ0n) is 11.8. The fraction of sp³-hybridized carbons (Fsp3) is 0.786. The molecule has 3 rings (SSSR count). The Labute approximate surface area is 123 Å². The quantitative estimate of drug-likeness (QED) is 0.816. The van der Waals surface area contributed by atoms with Gasteiger partial charge in [0.1, 0.15) is 0 Å². The minimum Gasteiger partial charge on any atom is -0.416 e. The first-order valence-electron chi connectivity index (χ1n) is 7.49. The topological polar surface area (TPSA) is 68.0 Å². The third-order valence-electron chi connectivity index (χ3n) is 4.32. The highest BCUT2D eigenvalue weighted by Gasteiger charge is 2.39. The maximum atomic E-state index is 12.0. The van der Waals surface area contributed by atoms with E-state index in [0.29, 0.717) is 28.8 Å². The van der Waals surface area contributed by atoms with Crippen molar-refractivity contribution in [3.05, 3.63) is 5.89 Å². The largest absolute Gasteiger partial charge is 0.416 e. The van der Waals surface area contributed by atoms with Crippen molar-refractivity contribution in [3.63, 3.8) is 0 Å². The van der Waals surface area contributed by atoms with Gasteiger partial charge in [0, 0.05) is 12.5 Å². The summed E-state index contributed by atoms with van der Waals surface area (Å²) in [6.45, 7) is 2.07. The number of carbonyl (C=O) groups excluding carboxylic acids is 1. The lowest BCUT2D eigenvalue weighted by Gasteiger charge is -2.22. The summed E-state index contributed by atoms with van der Waals surface area (Å²) in [6, 6.07) is 0.403.